The largest absolute Gasteiger partial charge is 0.480 e. The highest BCUT2D eigenvalue weighted by atomic mass is 16.4. The minimum Gasteiger partial charge on any atom is -0.480 e. The van der Waals surface area contributed by atoms with E-state index in [0.717, 1.165) is 0 Å². The molecule has 0 aliphatic heterocycles. The fourth-order valence-electron chi connectivity index (χ4n) is 2.12. The molecular formula is C16H29N5O7. The number of rotatable bonds is 12. The van der Waals surface area contributed by atoms with Crippen LogP contribution < -0.4 is 27.4 Å². The van der Waals surface area contributed by atoms with Gasteiger partial charge in [0.1, 0.15) is 18.1 Å². The Morgan fingerprint density at radius 1 is 0.929 bits per heavy atom. The first-order chi connectivity index (χ1) is 12.9. The van der Waals surface area contributed by atoms with Gasteiger partial charge in [-0.05, 0) is 12.8 Å². The maximum atomic E-state index is 12.5. The minimum absolute atomic E-state index is 0.313. The van der Waals surface area contributed by atoms with Crippen LogP contribution in [-0.4, -0.2) is 70.6 Å². The number of hydrogen-bond acceptors (Lipinski definition) is 7. The molecule has 12 heteroatoms. The summed E-state index contributed by atoms with van der Waals surface area (Å²) in [4.78, 5) is 58.6. The lowest BCUT2D eigenvalue weighted by Gasteiger charge is -2.26. The number of nitrogens with two attached hydrogens (primary N) is 2. The summed E-state index contributed by atoms with van der Waals surface area (Å²) in [7, 11) is 0. The van der Waals surface area contributed by atoms with Crippen molar-refractivity contribution in [2.45, 2.75) is 57.8 Å². The summed E-state index contributed by atoms with van der Waals surface area (Å²) in [6, 6.07) is -4.99. The molecule has 5 atom stereocenters. The first kappa shape index (κ1) is 25.3. The van der Waals surface area contributed by atoms with Crippen molar-refractivity contribution in [3.8, 4) is 0 Å². The molecule has 0 radical (unpaired) electrons. The zero-order valence-corrected chi connectivity index (χ0v) is 16.1. The van der Waals surface area contributed by atoms with Gasteiger partial charge in [0, 0.05) is 0 Å². The van der Waals surface area contributed by atoms with Crippen LogP contribution in [0.15, 0.2) is 0 Å². The van der Waals surface area contributed by atoms with Gasteiger partial charge in [0.05, 0.1) is 19.1 Å². The molecule has 5 unspecified atom stereocenters. The van der Waals surface area contributed by atoms with E-state index in [0.29, 0.717) is 6.42 Å². The fourth-order valence-corrected chi connectivity index (χ4v) is 2.12. The van der Waals surface area contributed by atoms with Crippen molar-refractivity contribution in [2.75, 3.05) is 6.61 Å². The Morgan fingerprint density at radius 3 is 1.86 bits per heavy atom. The second kappa shape index (κ2) is 11.9. The molecular weight excluding hydrogens is 374 g/mol. The standard InChI is InChI=1S/C16H29N5O7/c1-4-7(2)12(21-13(24)8(3)17)15(26)20-10(6-22)14(25)19-9(16(27)28)5-11(18)23/h7-10,12,22H,4-6,17H2,1-3H3,(H2,18,23)(H,19,25)(H,20,26)(H,21,24)(H,27,28). The Kier molecular flexibility index (Phi) is 10.7. The lowest BCUT2D eigenvalue weighted by molar-refractivity contribution is -0.144. The lowest BCUT2D eigenvalue weighted by atomic mass is 9.97. The van der Waals surface area contributed by atoms with Crippen molar-refractivity contribution >= 4 is 29.6 Å². The van der Waals surface area contributed by atoms with Gasteiger partial charge in [-0.2, -0.15) is 0 Å². The Balaban J connectivity index is 5.23. The third kappa shape index (κ3) is 8.31. The summed E-state index contributed by atoms with van der Waals surface area (Å²) in [6.45, 7) is 4.10. The number of carboxylic acids is 1. The third-order valence-corrected chi connectivity index (χ3v) is 4.04. The topological polar surface area (TPSA) is 214 Å². The predicted molar refractivity (Wildman–Crippen MR) is 97.4 cm³/mol. The predicted octanol–water partition coefficient (Wildman–Crippen LogP) is -3.21. The Morgan fingerprint density at radius 2 is 1.46 bits per heavy atom. The van der Waals surface area contributed by atoms with Crippen molar-refractivity contribution in [3.05, 3.63) is 0 Å². The molecule has 0 saturated carbocycles. The van der Waals surface area contributed by atoms with Gasteiger partial charge in [0.2, 0.25) is 23.6 Å². The average Bonchev–Trinajstić information content (AvgIpc) is 2.61. The van der Waals surface area contributed by atoms with Gasteiger partial charge in [-0.25, -0.2) is 4.79 Å². The second-order valence-electron chi connectivity index (χ2n) is 6.47. The van der Waals surface area contributed by atoms with Crippen LogP contribution in [0.3, 0.4) is 0 Å². The minimum atomic E-state index is -1.61. The van der Waals surface area contributed by atoms with Crippen molar-refractivity contribution in [3.63, 3.8) is 0 Å². The number of carbonyl (C=O) groups is 5. The van der Waals surface area contributed by atoms with Crippen molar-refractivity contribution < 1.29 is 34.2 Å². The van der Waals surface area contributed by atoms with Gasteiger partial charge in [-0.3, -0.25) is 19.2 Å². The van der Waals surface area contributed by atoms with Gasteiger partial charge in [-0.1, -0.05) is 20.3 Å². The summed E-state index contributed by atoms with van der Waals surface area (Å²) in [6.07, 6.45) is -0.139. The van der Waals surface area contributed by atoms with Gasteiger partial charge in [0.15, 0.2) is 0 Å². The molecule has 0 fully saturated rings. The number of aliphatic hydroxyl groups excluding tert-OH is 1. The summed E-state index contributed by atoms with van der Waals surface area (Å²) in [5.74, 6) is -5.11. The van der Waals surface area contributed by atoms with Crippen LogP contribution in [0.4, 0.5) is 0 Å². The molecule has 28 heavy (non-hydrogen) atoms. The summed E-state index contributed by atoms with van der Waals surface area (Å²) < 4.78 is 0. The molecule has 0 bridgehead atoms. The van der Waals surface area contributed by atoms with E-state index in [1.165, 1.54) is 6.92 Å². The molecule has 0 spiro atoms. The summed E-state index contributed by atoms with van der Waals surface area (Å²) in [5.41, 5.74) is 10.4. The van der Waals surface area contributed by atoms with Crippen LogP contribution in [-0.2, 0) is 24.0 Å². The second-order valence-corrected chi connectivity index (χ2v) is 6.47. The number of carbonyl (C=O) groups excluding carboxylic acids is 4. The van der Waals surface area contributed by atoms with E-state index >= 15 is 0 Å². The van der Waals surface area contributed by atoms with Gasteiger partial charge in [-0.15, -0.1) is 0 Å². The first-order valence-electron chi connectivity index (χ1n) is 8.73. The number of primary amides is 1. The van der Waals surface area contributed by atoms with E-state index in [-0.39, 0.29) is 5.92 Å². The van der Waals surface area contributed by atoms with E-state index in [4.69, 9.17) is 16.6 Å². The highest BCUT2D eigenvalue weighted by Gasteiger charge is 2.32. The third-order valence-electron chi connectivity index (χ3n) is 4.04. The monoisotopic (exact) mass is 403 g/mol. The zero-order chi connectivity index (χ0) is 22.0. The van der Waals surface area contributed by atoms with Crippen LogP contribution in [0.25, 0.3) is 0 Å². The molecule has 12 nitrogen and oxygen atoms in total. The van der Waals surface area contributed by atoms with E-state index < -0.39 is 66.8 Å². The molecule has 0 aliphatic rings. The number of carboxylic acid groups (broad SMARTS) is 1. The molecule has 0 saturated heterocycles. The van der Waals surface area contributed by atoms with Crippen LogP contribution in [0, 0.1) is 5.92 Å². The molecule has 0 aliphatic carbocycles. The van der Waals surface area contributed by atoms with E-state index in [2.05, 4.69) is 10.6 Å². The van der Waals surface area contributed by atoms with Crippen LogP contribution >= 0.6 is 0 Å². The molecule has 9 N–H and O–H groups in total. The molecule has 4 amide bonds. The zero-order valence-electron chi connectivity index (χ0n) is 16.1. The normalized spacial score (nSPS) is 16.0. The molecule has 160 valence electrons. The van der Waals surface area contributed by atoms with Gasteiger partial charge >= 0.3 is 5.97 Å². The lowest BCUT2D eigenvalue weighted by Crippen LogP contribution is -2.59. The Bertz CT molecular complexity index is 596. The molecule has 0 aromatic carbocycles. The number of aliphatic hydroxyl groups is 1. The van der Waals surface area contributed by atoms with E-state index in [1.807, 2.05) is 5.32 Å². The highest BCUT2D eigenvalue weighted by molar-refractivity contribution is 5.95. The van der Waals surface area contributed by atoms with Gasteiger partial charge < -0.3 is 37.6 Å². The number of amides is 4. The average molecular weight is 403 g/mol. The maximum absolute atomic E-state index is 12.5. The smallest absolute Gasteiger partial charge is 0.326 e. The summed E-state index contributed by atoms with van der Waals surface area (Å²) >= 11 is 0. The SMILES string of the molecule is CCC(C)C(NC(=O)C(C)N)C(=O)NC(CO)C(=O)NC(CC(N)=O)C(=O)O. The summed E-state index contributed by atoms with van der Waals surface area (Å²) in [5, 5.41) is 25.2. The molecule has 0 aromatic heterocycles. The molecule has 0 heterocycles. The van der Waals surface area contributed by atoms with Crippen molar-refractivity contribution in [1.82, 2.24) is 16.0 Å². The quantitative estimate of drug-likeness (QED) is 0.175. The van der Waals surface area contributed by atoms with E-state index in [1.54, 1.807) is 13.8 Å². The molecule has 0 rings (SSSR count). The number of nitrogens with one attached hydrogen (secondary N) is 3. The highest BCUT2D eigenvalue weighted by Crippen LogP contribution is 2.09. The van der Waals surface area contributed by atoms with E-state index in [9.17, 15) is 29.1 Å². The van der Waals surface area contributed by atoms with Crippen molar-refractivity contribution in [1.29, 1.82) is 0 Å². The fraction of sp³-hybridized carbons (Fsp3) is 0.688. The molecule has 0 aromatic rings. The maximum Gasteiger partial charge on any atom is 0.326 e. The Labute approximate surface area is 162 Å². The number of aliphatic carboxylic acids is 1. The van der Waals surface area contributed by atoms with Crippen LogP contribution in [0.2, 0.25) is 0 Å². The Hall–Kier alpha value is -2.73. The van der Waals surface area contributed by atoms with Crippen LogP contribution in [0.1, 0.15) is 33.6 Å². The van der Waals surface area contributed by atoms with Crippen molar-refractivity contribution in [2.24, 2.45) is 17.4 Å². The first-order valence-corrected chi connectivity index (χ1v) is 8.73. The van der Waals surface area contributed by atoms with Crippen LogP contribution in [0.5, 0.6) is 0 Å². The van der Waals surface area contributed by atoms with Gasteiger partial charge in [0.25, 0.3) is 0 Å². The number of hydrogen-bond donors (Lipinski definition) is 7.